The second kappa shape index (κ2) is 7.73. The van der Waals surface area contributed by atoms with Crippen molar-refractivity contribution in [2.75, 3.05) is 37.3 Å². The Labute approximate surface area is 117 Å². The van der Waals surface area contributed by atoms with Gasteiger partial charge in [-0.05, 0) is 24.9 Å². The third-order valence-corrected chi connectivity index (χ3v) is 2.61. The third kappa shape index (κ3) is 5.25. The summed E-state index contributed by atoms with van der Waals surface area (Å²) in [5, 5.41) is 5.94. The fourth-order valence-corrected chi connectivity index (χ4v) is 1.37. The number of nitrogens with zero attached hydrogens (tertiary/aromatic N) is 4. The number of anilines is 2. The van der Waals surface area contributed by atoms with Gasteiger partial charge in [0, 0.05) is 20.1 Å². The molecule has 7 nitrogen and oxygen atoms in total. The van der Waals surface area contributed by atoms with Crippen LogP contribution in [0.25, 0.3) is 0 Å². The van der Waals surface area contributed by atoms with Crippen LogP contribution in [0.4, 0.5) is 11.9 Å². The number of amides is 1. The van der Waals surface area contributed by atoms with Gasteiger partial charge in [-0.3, -0.25) is 4.79 Å². The van der Waals surface area contributed by atoms with Crippen molar-refractivity contribution in [3.8, 4) is 0 Å². The van der Waals surface area contributed by atoms with E-state index in [0.29, 0.717) is 12.5 Å². The van der Waals surface area contributed by atoms with Gasteiger partial charge in [0.25, 0.3) is 0 Å². The summed E-state index contributed by atoms with van der Waals surface area (Å²) in [4.78, 5) is 25.2. The summed E-state index contributed by atoms with van der Waals surface area (Å²) < 4.78 is 0. The summed E-state index contributed by atoms with van der Waals surface area (Å²) in [7, 11) is 1.73. The number of hydrogen-bond acceptors (Lipinski definition) is 6. The van der Waals surface area contributed by atoms with Crippen LogP contribution in [0.3, 0.4) is 0 Å². The molecule has 1 aromatic rings. The normalized spacial score (nSPS) is 10.1. The van der Waals surface area contributed by atoms with Crippen molar-refractivity contribution in [3.05, 3.63) is 5.28 Å². The van der Waals surface area contributed by atoms with Crippen LogP contribution >= 0.6 is 11.6 Å². The maximum atomic E-state index is 11.6. The van der Waals surface area contributed by atoms with Gasteiger partial charge in [-0.2, -0.15) is 15.0 Å². The zero-order valence-electron chi connectivity index (χ0n) is 11.4. The summed E-state index contributed by atoms with van der Waals surface area (Å²) in [6.45, 7) is 5.47. The van der Waals surface area contributed by atoms with E-state index in [1.165, 1.54) is 0 Å². The molecular weight excluding hydrogens is 268 g/mol. The Kier molecular flexibility index (Phi) is 6.27. The monoisotopic (exact) mass is 286 g/mol. The lowest BCUT2D eigenvalue weighted by Crippen LogP contribution is -2.32. The Morgan fingerprint density at radius 1 is 1.21 bits per heavy atom. The number of likely N-dealkylation sites (N-methyl/N-ethyl adjacent to an activating group) is 1. The van der Waals surface area contributed by atoms with Crippen LogP contribution in [-0.4, -0.2) is 52.4 Å². The molecule has 0 aliphatic rings. The van der Waals surface area contributed by atoms with Crippen molar-refractivity contribution < 1.29 is 4.79 Å². The molecule has 0 aliphatic carbocycles. The van der Waals surface area contributed by atoms with Crippen molar-refractivity contribution in [3.63, 3.8) is 0 Å². The standard InChI is InChI=1S/C11H19ClN6O/c1-4-6-13-10-15-9(12)16-11(17-10)14-7-8(19)18(3)5-2/h4-7H2,1-3H3,(H2,13,14,15,16,17). The first-order valence-electron chi connectivity index (χ1n) is 6.20. The highest BCUT2D eigenvalue weighted by Crippen LogP contribution is 2.09. The lowest BCUT2D eigenvalue weighted by molar-refractivity contribution is -0.127. The van der Waals surface area contributed by atoms with Crippen LogP contribution in [0.5, 0.6) is 0 Å². The number of rotatable bonds is 7. The number of carbonyl (C=O) groups is 1. The van der Waals surface area contributed by atoms with Gasteiger partial charge in [0.15, 0.2) is 0 Å². The van der Waals surface area contributed by atoms with Gasteiger partial charge in [-0.25, -0.2) is 0 Å². The molecule has 0 fully saturated rings. The molecule has 0 saturated carbocycles. The first-order chi connectivity index (χ1) is 9.06. The molecule has 0 atom stereocenters. The van der Waals surface area contributed by atoms with E-state index < -0.39 is 0 Å². The van der Waals surface area contributed by atoms with Crippen molar-refractivity contribution in [2.24, 2.45) is 0 Å². The van der Waals surface area contributed by atoms with Gasteiger partial charge >= 0.3 is 0 Å². The second-order valence-electron chi connectivity index (χ2n) is 3.94. The van der Waals surface area contributed by atoms with Crippen LogP contribution in [0.15, 0.2) is 0 Å². The van der Waals surface area contributed by atoms with Crippen LogP contribution in [0, 0.1) is 0 Å². The number of nitrogens with one attached hydrogen (secondary N) is 2. The minimum atomic E-state index is -0.0397. The topological polar surface area (TPSA) is 83.0 Å². The van der Waals surface area contributed by atoms with Crippen molar-refractivity contribution in [1.29, 1.82) is 0 Å². The van der Waals surface area contributed by atoms with Gasteiger partial charge in [0.2, 0.25) is 23.1 Å². The lowest BCUT2D eigenvalue weighted by Gasteiger charge is -2.14. The first kappa shape index (κ1) is 15.4. The van der Waals surface area contributed by atoms with E-state index >= 15 is 0 Å². The summed E-state index contributed by atoms with van der Waals surface area (Å²) >= 11 is 5.80. The number of hydrogen-bond donors (Lipinski definition) is 2. The molecule has 1 heterocycles. The summed E-state index contributed by atoms with van der Waals surface area (Å²) in [5.41, 5.74) is 0. The fourth-order valence-electron chi connectivity index (χ4n) is 1.21. The highest BCUT2D eigenvalue weighted by Gasteiger charge is 2.09. The largest absolute Gasteiger partial charge is 0.354 e. The van der Waals surface area contributed by atoms with Gasteiger partial charge in [0.1, 0.15) is 0 Å². The highest BCUT2D eigenvalue weighted by molar-refractivity contribution is 6.28. The molecule has 1 rings (SSSR count). The van der Waals surface area contributed by atoms with E-state index in [0.717, 1.165) is 13.0 Å². The summed E-state index contributed by atoms with van der Waals surface area (Å²) in [5.74, 6) is 0.652. The molecule has 0 saturated heterocycles. The summed E-state index contributed by atoms with van der Waals surface area (Å²) in [6, 6.07) is 0. The Morgan fingerprint density at radius 2 is 1.84 bits per heavy atom. The Balaban J connectivity index is 2.62. The number of carbonyl (C=O) groups excluding carboxylic acids is 1. The van der Waals surface area contributed by atoms with Crippen LogP contribution in [-0.2, 0) is 4.79 Å². The minimum absolute atomic E-state index is 0.0397. The molecule has 0 radical (unpaired) electrons. The van der Waals surface area contributed by atoms with Gasteiger partial charge in [-0.1, -0.05) is 6.92 Å². The molecule has 0 spiro atoms. The quantitative estimate of drug-likeness (QED) is 0.785. The smallest absolute Gasteiger partial charge is 0.241 e. The second-order valence-corrected chi connectivity index (χ2v) is 4.28. The summed E-state index contributed by atoms with van der Waals surface area (Å²) in [6.07, 6.45) is 0.950. The predicted octanol–water partition coefficient (Wildman–Crippen LogP) is 1.24. The van der Waals surface area contributed by atoms with Crippen LogP contribution in [0.2, 0.25) is 5.28 Å². The first-order valence-corrected chi connectivity index (χ1v) is 6.57. The maximum Gasteiger partial charge on any atom is 0.241 e. The van der Waals surface area contributed by atoms with E-state index in [-0.39, 0.29) is 23.7 Å². The molecule has 1 amide bonds. The molecule has 0 bridgehead atoms. The molecule has 19 heavy (non-hydrogen) atoms. The zero-order valence-corrected chi connectivity index (χ0v) is 12.2. The minimum Gasteiger partial charge on any atom is -0.354 e. The van der Waals surface area contributed by atoms with E-state index in [2.05, 4.69) is 25.6 Å². The van der Waals surface area contributed by atoms with E-state index in [9.17, 15) is 4.79 Å². The van der Waals surface area contributed by atoms with Gasteiger partial charge in [0.05, 0.1) is 6.54 Å². The SMILES string of the molecule is CCCNc1nc(Cl)nc(NCC(=O)N(C)CC)n1. The lowest BCUT2D eigenvalue weighted by atomic mass is 10.5. The predicted molar refractivity (Wildman–Crippen MR) is 75.4 cm³/mol. The maximum absolute atomic E-state index is 11.6. The zero-order chi connectivity index (χ0) is 14.3. The van der Waals surface area contributed by atoms with Crippen molar-refractivity contribution >= 4 is 29.4 Å². The van der Waals surface area contributed by atoms with Crippen LogP contribution in [0.1, 0.15) is 20.3 Å². The van der Waals surface area contributed by atoms with Gasteiger partial charge < -0.3 is 15.5 Å². The van der Waals surface area contributed by atoms with Crippen LogP contribution < -0.4 is 10.6 Å². The van der Waals surface area contributed by atoms with Crippen molar-refractivity contribution in [2.45, 2.75) is 20.3 Å². The Morgan fingerprint density at radius 3 is 2.42 bits per heavy atom. The third-order valence-electron chi connectivity index (χ3n) is 2.44. The number of aromatic nitrogens is 3. The Bertz CT molecular complexity index is 428. The average molecular weight is 287 g/mol. The Hall–Kier alpha value is -1.63. The van der Waals surface area contributed by atoms with E-state index in [1.54, 1.807) is 11.9 Å². The molecule has 0 aliphatic heterocycles. The molecular formula is C11H19ClN6O. The molecule has 8 heteroatoms. The van der Waals surface area contributed by atoms with Gasteiger partial charge in [-0.15, -0.1) is 0 Å². The van der Waals surface area contributed by atoms with Crippen molar-refractivity contribution in [1.82, 2.24) is 19.9 Å². The number of halogens is 1. The molecule has 106 valence electrons. The van der Waals surface area contributed by atoms with E-state index in [4.69, 9.17) is 11.6 Å². The van der Waals surface area contributed by atoms with E-state index in [1.807, 2.05) is 13.8 Å². The highest BCUT2D eigenvalue weighted by atomic mass is 35.5. The molecule has 0 aromatic carbocycles. The molecule has 0 unspecified atom stereocenters. The average Bonchev–Trinajstić information content (AvgIpc) is 2.41. The molecule has 1 aromatic heterocycles. The fraction of sp³-hybridized carbons (Fsp3) is 0.636. The molecule has 2 N–H and O–H groups in total.